The first-order chi connectivity index (χ1) is 15.7. The van der Waals surface area contributed by atoms with Crippen molar-refractivity contribution in [3.05, 3.63) is 55.3 Å². The van der Waals surface area contributed by atoms with Crippen molar-refractivity contribution in [2.75, 3.05) is 5.32 Å². The van der Waals surface area contributed by atoms with Crippen molar-refractivity contribution in [3.8, 4) is 11.4 Å². The van der Waals surface area contributed by atoms with E-state index in [1.165, 1.54) is 6.33 Å². The molecule has 5 rings (SSSR count). The van der Waals surface area contributed by atoms with Gasteiger partial charge in [0.05, 0.1) is 41.9 Å². The van der Waals surface area contributed by atoms with E-state index in [-0.39, 0.29) is 17.6 Å². The van der Waals surface area contributed by atoms with Crippen LogP contribution in [-0.2, 0) is 0 Å². The number of pyridine rings is 1. The molecule has 4 heterocycles. The van der Waals surface area contributed by atoms with Crippen LogP contribution >= 0.6 is 0 Å². The van der Waals surface area contributed by atoms with E-state index in [1.54, 1.807) is 23.0 Å². The number of aromatic nitrogens is 6. The number of hydrogen-bond donors (Lipinski definition) is 2. The Hall–Kier alpha value is -4.08. The van der Waals surface area contributed by atoms with Crippen LogP contribution < -0.4 is 5.32 Å². The average Bonchev–Trinajstić information content (AvgIpc) is 3.23. The number of fused-ring (bicyclic) bond motifs is 1. The summed E-state index contributed by atoms with van der Waals surface area (Å²) in [4.78, 5) is 25.1. The normalized spacial score (nSPS) is 16.7. The van der Waals surface area contributed by atoms with Gasteiger partial charge in [-0.2, -0.15) is 0 Å². The Kier molecular flexibility index (Phi) is 5.32. The Balaban J connectivity index is 1.44. The first-order valence-electron chi connectivity index (χ1n) is 10.3. The van der Waals surface area contributed by atoms with Crippen molar-refractivity contribution < 1.29 is 4.39 Å². The number of nitrogens with one attached hydrogen (secondary N) is 2. The molecule has 1 fully saturated rings. The maximum absolute atomic E-state index is 14.7. The summed E-state index contributed by atoms with van der Waals surface area (Å²) < 4.78 is 16.4. The van der Waals surface area contributed by atoms with Crippen molar-refractivity contribution in [2.24, 2.45) is 10.9 Å². The highest BCUT2D eigenvalue weighted by atomic mass is 19.1. The largest absolute Gasteiger partial charge is 0.352 e. The molecule has 0 aliphatic heterocycles. The lowest BCUT2D eigenvalue weighted by Gasteiger charge is -2.17. The van der Waals surface area contributed by atoms with Gasteiger partial charge in [0.15, 0.2) is 5.82 Å². The summed E-state index contributed by atoms with van der Waals surface area (Å²) in [6.45, 7) is 0. The fourth-order valence-corrected chi connectivity index (χ4v) is 3.67. The number of halogens is 1. The van der Waals surface area contributed by atoms with E-state index in [4.69, 9.17) is 5.41 Å². The second-order valence-corrected chi connectivity index (χ2v) is 7.63. The molecule has 0 atom stereocenters. The van der Waals surface area contributed by atoms with E-state index in [0.29, 0.717) is 11.3 Å². The first-order valence-corrected chi connectivity index (χ1v) is 10.3. The monoisotopic (exact) mass is 429 g/mol. The number of imidazole rings is 1. The smallest absolute Gasteiger partial charge is 0.249 e. The summed E-state index contributed by atoms with van der Waals surface area (Å²) in [6.07, 6.45) is 14.5. The van der Waals surface area contributed by atoms with Crippen LogP contribution in [0.15, 0.2) is 54.4 Å². The third-order valence-corrected chi connectivity index (χ3v) is 5.36. The summed E-state index contributed by atoms with van der Waals surface area (Å²) >= 11 is 0. The Labute approximate surface area is 183 Å². The van der Waals surface area contributed by atoms with Crippen molar-refractivity contribution >= 4 is 34.9 Å². The second kappa shape index (κ2) is 8.58. The maximum Gasteiger partial charge on any atom is 0.249 e. The van der Waals surface area contributed by atoms with Gasteiger partial charge in [-0.25, -0.2) is 34.3 Å². The average molecular weight is 429 g/mol. The van der Waals surface area contributed by atoms with Crippen LogP contribution in [0.5, 0.6) is 0 Å². The molecule has 0 amide bonds. The van der Waals surface area contributed by atoms with Gasteiger partial charge in [-0.15, -0.1) is 0 Å². The molecular formula is C22H20FN9. The standard InChI is InChI=1S/C22H20FN9/c23-18-10-29-22(28-7-14-1-3-15(24)4-2-14)31-21(18)19-11-27-20-6-5-16(12-32(19)20)30-17-8-25-13-26-9-17/h5-14,24,30H,1-4H2. The lowest BCUT2D eigenvalue weighted by molar-refractivity contribution is 0.571. The molecule has 4 aromatic rings. The second-order valence-electron chi connectivity index (χ2n) is 7.63. The zero-order chi connectivity index (χ0) is 21.9. The number of aliphatic imine (C=N–C) groups is 1. The van der Waals surface area contributed by atoms with Crippen molar-refractivity contribution in [1.29, 1.82) is 5.41 Å². The van der Waals surface area contributed by atoms with E-state index in [0.717, 1.165) is 49.0 Å². The van der Waals surface area contributed by atoms with Gasteiger partial charge in [0, 0.05) is 18.1 Å². The molecule has 1 aliphatic rings. The number of rotatable bonds is 5. The van der Waals surface area contributed by atoms with Crippen LogP contribution in [0, 0.1) is 17.1 Å². The lowest BCUT2D eigenvalue weighted by Crippen LogP contribution is -2.14. The third-order valence-electron chi connectivity index (χ3n) is 5.36. The van der Waals surface area contributed by atoms with E-state index < -0.39 is 5.82 Å². The van der Waals surface area contributed by atoms with Gasteiger partial charge in [0.25, 0.3) is 0 Å². The molecule has 2 N–H and O–H groups in total. The zero-order valence-electron chi connectivity index (χ0n) is 17.1. The minimum absolute atomic E-state index is 0.130. The van der Waals surface area contributed by atoms with Crippen LogP contribution in [0.2, 0.25) is 0 Å². The summed E-state index contributed by atoms with van der Waals surface area (Å²) in [5.74, 6) is -0.0630. The van der Waals surface area contributed by atoms with Crippen LogP contribution in [-0.4, -0.2) is 41.2 Å². The highest BCUT2D eigenvalue weighted by Gasteiger charge is 2.17. The van der Waals surface area contributed by atoms with E-state index in [1.807, 2.05) is 24.5 Å². The summed E-state index contributed by atoms with van der Waals surface area (Å²) in [7, 11) is 0. The topological polar surface area (TPSA) is 117 Å². The summed E-state index contributed by atoms with van der Waals surface area (Å²) in [6, 6.07) is 3.70. The number of anilines is 2. The molecule has 1 aliphatic carbocycles. The van der Waals surface area contributed by atoms with Crippen LogP contribution in [0.1, 0.15) is 25.7 Å². The molecule has 9 nitrogen and oxygen atoms in total. The molecule has 0 unspecified atom stereocenters. The highest BCUT2D eigenvalue weighted by Crippen LogP contribution is 2.26. The molecule has 0 saturated heterocycles. The van der Waals surface area contributed by atoms with Gasteiger partial charge < -0.3 is 10.7 Å². The lowest BCUT2D eigenvalue weighted by atomic mass is 9.89. The molecule has 32 heavy (non-hydrogen) atoms. The third kappa shape index (κ3) is 4.20. The molecule has 4 aromatic heterocycles. The van der Waals surface area contributed by atoms with Crippen LogP contribution in [0.4, 0.5) is 21.7 Å². The van der Waals surface area contributed by atoms with Crippen molar-refractivity contribution in [2.45, 2.75) is 25.7 Å². The summed E-state index contributed by atoms with van der Waals surface area (Å²) in [5.41, 5.74) is 3.57. The first kappa shape index (κ1) is 19.9. The Morgan fingerprint density at radius 2 is 1.88 bits per heavy atom. The molecule has 1 saturated carbocycles. The number of hydrogen-bond acceptors (Lipinski definition) is 8. The minimum Gasteiger partial charge on any atom is -0.352 e. The van der Waals surface area contributed by atoms with Crippen molar-refractivity contribution in [3.63, 3.8) is 0 Å². The van der Waals surface area contributed by atoms with Gasteiger partial charge in [-0.05, 0) is 43.7 Å². The highest BCUT2D eigenvalue weighted by molar-refractivity contribution is 5.83. The Morgan fingerprint density at radius 1 is 1.06 bits per heavy atom. The molecule has 0 spiro atoms. The van der Waals surface area contributed by atoms with Gasteiger partial charge in [0.2, 0.25) is 5.95 Å². The van der Waals surface area contributed by atoms with E-state index in [9.17, 15) is 4.39 Å². The predicted molar refractivity (Wildman–Crippen MR) is 119 cm³/mol. The van der Waals surface area contributed by atoms with Crippen LogP contribution in [0.3, 0.4) is 0 Å². The maximum atomic E-state index is 14.7. The Morgan fingerprint density at radius 3 is 2.69 bits per heavy atom. The van der Waals surface area contributed by atoms with Gasteiger partial charge in [0.1, 0.15) is 17.7 Å². The quantitative estimate of drug-likeness (QED) is 0.455. The van der Waals surface area contributed by atoms with E-state index in [2.05, 4.69) is 35.2 Å². The van der Waals surface area contributed by atoms with Gasteiger partial charge in [-0.1, -0.05) is 0 Å². The Bertz CT molecular complexity index is 1290. The molecule has 0 bridgehead atoms. The molecule has 0 radical (unpaired) electrons. The zero-order valence-corrected chi connectivity index (χ0v) is 17.1. The predicted octanol–water partition coefficient (Wildman–Crippen LogP) is 4.38. The molecule has 160 valence electrons. The van der Waals surface area contributed by atoms with Gasteiger partial charge in [-0.3, -0.25) is 4.40 Å². The number of nitrogens with zero attached hydrogens (tertiary/aromatic N) is 7. The fraction of sp³-hybridized carbons (Fsp3) is 0.227. The molecule has 0 aromatic carbocycles. The van der Waals surface area contributed by atoms with Crippen LogP contribution in [0.25, 0.3) is 17.0 Å². The SMILES string of the molecule is N=C1CCC(C=Nc2ncc(F)c(-c3cnc4ccc(Nc5cncnc5)cn34)n2)CC1. The fourth-order valence-electron chi connectivity index (χ4n) is 3.67. The molecular weight excluding hydrogens is 409 g/mol. The summed E-state index contributed by atoms with van der Waals surface area (Å²) in [5, 5.41) is 10.9. The van der Waals surface area contributed by atoms with E-state index >= 15 is 0 Å². The molecule has 10 heteroatoms. The van der Waals surface area contributed by atoms with Gasteiger partial charge >= 0.3 is 0 Å². The minimum atomic E-state index is -0.549. The van der Waals surface area contributed by atoms with Crippen molar-refractivity contribution in [1.82, 2.24) is 29.3 Å².